The molecule has 1 unspecified atom stereocenters. The second-order valence-electron chi connectivity index (χ2n) is 6.90. The first-order chi connectivity index (χ1) is 12.4. The molecule has 1 heterocycles. The maximum atomic E-state index is 13.0. The third-order valence-electron chi connectivity index (χ3n) is 5.02. The van der Waals surface area contributed by atoms with E-state index in [1.807, 2.05) is 6.92 Å². The van der Waals surface area contributed by atoms with Crippen molar-refractivity contribution < 1.29 is 23.5 Å². The molecule has 1 aromatic carbocycles. The van der Waals surface area contributed by atoms with Gasteiger partial charge < -0.3 is 19.3 Å². The number of likely N-dealkylation sites (tertiary alicyclic amines) is 1. The van der Waals surface area contributed by atoms with Crippen LogP contribution in [0.25, 0.3) is 0 Å². The number of benzene rings is 1. The second kappa shape index (κ2) is 8.51. The van der Waals surface area contributed by atoms with Gasteiger partial charge in [-0.2, -0.15) is 0 Å². The van der Waals surface area contributed by atoms with Crippen LogP contribution in [0.2, 0.25) is 0 Å². The summed E-state index contributed by atoms with van der Waals surface area (Å²) in [7, 11) is 5.41. The number of hydrogen-bond donors (Lipinski definition) is 2. The Balaban J connectivity index is 2.34. The molecular formula is C19H30N3O4+. The highest BCUT2D eigenvalue weighted by Gasteiger charge is 2.40. The molecule has 0 bridgehead atoms. The normalized spacial score (nSPS) is 16.8. The molecule has 0 spiro atoms. The van der Waals surface area contributed by atoms with Crippen LogP contribution in [0.1, 0.15) is 35.7 Å². The fourth-order valence-electron chi connectivity index (χ4n) is 3.64. The maximum Gasteiger partial charge on any atom is 0.340 e. The highest BCUT2D eigenvalue weighted by Crippen LogP contribution is 2.29. The molecule has 2 N–H and O–H groups in total. The predicted molar refractivity (Wildman–Crippen MR) is 100 cm³/mol. The Morgan fingerprint density at radius 3 is 2.46 bits per heavy atom. The molecule has 144 valence electrons. The average molecular weight is 364 g/mol. The number of ether oxygens (including phenoxy) is 2. The molecule has 0 aromatic heterocycles. The summed E-state index contributed by atoms with van der Waals surface area (Å²) in [6.07, 6.45) is 1.84. The average Bonchev–Trinajstić information content (AvgIpc) is 3.04. The van der Waals surface area contributed by atoms with Crippen LogP contribution in [0, 0.1) is 6.92 Å². The van der Waals surface area contributed by atoms with Crippen LogP contribution in [0.15, 0.2) is 12.1 Å². The molecule has 1 atom stereocenters. The van der Waals surface area contributed by atoms with E-state index in [-0.39, 0.29) is 18.7 Å². The zero-order valence-corrected chi connectivity index (χ0v) is 16.3. The number of rotatable bonds is 7. The molecule has 0 aliphatic carbocycles. The van der Waals surface area contributed by atoms with E-state index in [9.17, 15) is 9.59 Å². The Hall–Kier alpha value is -2.12. The van der Waals surface area contributed by atoms with E-state index in [1.165, 1.54) is 7.11 Å². The molecule has 1 aliphatic heterocycles. The Morgan fingerprint density at radius 1 is 1.27 bits per heavy atom. The fourth-order valence-corrected chi connectivity index (χ4v) is 3.64. The summed E-state index contributed by atoms with van der Waals surface area (Å²) in [5, 5.41) is 6.09. The molecule has 1 amide bonds. The van der Waals surface area contributed by atoms with E-state index >= 15 is 0 Å². The third kappa shape index (κ3) is 4.16. The summed E-state index contributed by atoms with van der Waals surface area (Å²) in [5.41, 5.74) is 1.52. The van der Waals surface area contributed by atoms with Crippen LogP contribution in [-0.4, -0.2) is 63.4 Å². The first kappa shape index (κ1) is 20.2. The number of quaternary nitrogens is 1. The number of aryl methyl sites for hydroxylation is 1. The van der Waals surface area contributed by atoms with Gasteiger partial charge in [0, 0.05) is 12.8 Å². The van der Waals surface area contributed by atoms with Crippen molar-refractivity contribution >= 4 is 17.6 Å². The molecule has 1 fully saturated rings. The maximum absolute atomic E-state index is 13.0. The number of nitrogens with zero attached hydrogens (tertiary/aromatic N) is 1. The lowest BCUT2D eigenvalue weighted by molar-refractivity contribution is -0.915. The van der Waals surface area contributed by atoms with Gasteiger partial charge in [0.15, 0.2) is 0 Å². The number of carbonyl (C=O) groups excluding carboxylic acids is 2. The second-order valence-corrected chi connectivity index (χ2v) is 6.90. The molecule has 0 saturated carbocycles. The summed E-state index contributed by atoms with van der Waals surface area (Å²) < 4.78 is 11.0. The quantitative estimate of drug-likeness (QED) is 0.571. The highest BCUT2D eigenvalue weighted by atomic mass is 16.5. The van der Waals surface area contributed by atoms with Crippen molar-refractivity contribution in [3.8, 4) is 5.75 Å². The van der Waals surface area contributed by atoms with Crippen molar-refractivity contribution in [2.45, 2.75) is 32.9 Å². The standard InChI is InChI=1S/C19H29N3O4/c1-6-26-19(24)15-12-14(25-5)11-13(2)16(15)21-18(23)17(20-3)22(4)9-7-8-10-22/h11-12,17,20H,6-10H2,1-5H3/p+1. The van der Waals surface area contributed by atoms with Crippen molar-refractivity contribution in [2.24, 2.45) is 0 Å². The van der Waals surface area contributed by atoms with Gasteiger partial charge in [0.2, 0.25) is 6.17 Å². The van der Waals surface area contributed by atoms with Gasteiger partial charge in [-0.3, -0.25) is 10.1 Å². The summed E-state index contributed by atoms with van der Waals surface area (Å²) in [6, 6.07) is 3.39. The monoisotopic (exact) mass is 364 g/mol. The first-order valence-corrected chi connectivity index (χ1v) is 9.04. The van der Waals surface area contributed by atoms with Gasteiger partial charge in [0.05, 0.1) is 45.1 Å². The molecule has 1 aliphatic rings. The van der Waals surface area contributed by atoms with Gasteiger partial charge >= 0.3 is 5.97 Å². The van der Waals surface area contributed by atoms with Crippen LogP contribution in [0.4, 0.5) is 5.69 Å². The molecule has 0 radical (unpaired) electrons. The van der Waals surface area contributed by atoms with Gasteiger partial charge in [-0.15, -0.1) is 0 Å². The van der Waals surface area contributed by atoms with Gasteiger partial charge in [0.25, 0.3) is 5.91 Å². The zero-order valence-electron chi connectivity index (χ0n) is 16.3. The molecule has 7 heteroatoms. The lowest BCUT2D eigenvalue weighted by atomic mass is 10.1. The van der Waals surface area contributed by atoms with Gasteiger partial charge in [0.1, 0.15) is 5.75 Å². The zero-order chi connectivity index (χ0) is 19.3. The Morgan fingerprint density at radius 2 is 1.92 bits per heavy atom. The molecule has 1 aromatic rings. The lowest BCUT2D eigenvalue weighted by Gasteiger charge is -2.36. The Kier molecular flexibility index (Phi) is 6.61. The Bertz CT molecular complexity index is 669. The van der Waals surface area contributed by atoms with E-state index in [0.29, 0.717) is 21.5 Å². The van der Waals surface area contributed by atoms with Gasteiger partial charge in [-0.1, -0.05) is 0 Å². The van der Waals surface area contributed by atoms with E-state index < -0.39 is 5.97 Å². The first-order valence-electron chi connectivity index (χ1n) is 9.04. The smallest absolute Gasteiger partial charge is 0.340 e. The number of nitrogens with one attached hydrogen (secondary N) is 2. The predicted octanol–water partition coefficient (Wildman–Crippen LogP) is 1.90. The number of esters is 1. The van der Waals surface area contributed by atoms with Crippen LogP contribution < -0.4 is 15.4 Å². The van der Waals surface area contributed by atoms with Gasteiger partial charge in [-0.25, -0.2) is 4.79 Å². The minimum atomic E-state index is -0.479. The summed E-state index contributed by atoms with van der Waals surface area (Å²) in [6.45, 7) is 5.74. The van der Waals surface area contributed by atoms with E-state index in [2.05, 4.69) is 17.7 Å². The molecule has 1 saturated heterocycles. The minimum Gasteiger partial charge on any atom is -0.497 e. The van der Waals surface area contributed by atoms with E-state index in [4.69, 9.17) is 9.47 Å². The van der Waals surface area contributed by atoms with Crippen molar-refractivity contribution in [3.05, 3.63) is 23.3 Å². The SMILES string of the molecule is CCOC(=O)c1cc(OC)cc(C)c1NC(=O)C(NC)[N+]1(C)CCCC1. The minimum absolute atomic E-state index is 0.157. The molecule has 26 heavy (non-hydrogen) atoms. The van der Waals surface area contributed by atoms with Crippen molar-refractivity contribution in [1.82, 2.24) is 5.32 Å². The number of anilines is 1. The van der Waals surface area contributed by atoms with Crippen molar-refractivity contribution in [2.75, 3.05) is 46.2 Å². The number of likely N-dealkylation sites (N-methyl/N-ethyl adjacent to an activating group) is 2. The highest BCUT2D eigenvalue weighted by molar-refractivity contribution is 6.03. The van der Waals surface area contributed by atoms with Gasteiger partial charge in [-0.05, 0) is 38.6 Å². The largest absolute Gasteiger partial charge is 0.497 e. The van der Waals surface area contributed by atoms with Crippen molar-refractivity contribution in [3.63, 3.8) is 0 Å². The van der Waals surface area contributed by atoms with Crippen LogP contribution in [0.5, 0.6) is 5.75 Å². The summed E-state index contributed by atoms with van der Waals surface area (Å²) >= 11 is 0. The fraction of sp³-hybridized carbons (Fsp3) is 0.579. The van der Waals surface area contributed by atoms with E-state index in [1.54, 1.807) is 26.1 Å². The Labute approximate surface area is 155 Å². The van der Waals surface area contributed by atoms with E-state index in [0.717, 1.165) is 31.5 Å². The molecule has 7 nitrogen and oxygen atoms in total. The lowest BCUT2D eigenvalue weighted by Crippen LogP contribution is -2.61. The number of carbonyl (C=O) groups is 2. The van der Waals surface area contributed by atoms with Crippen LogP contribution in [0.3, 0.4) is 0 Å². The summed E-state index contributed by atoms with van der Waals surface area (Å²) in [5.74, 6) is -0.0876. The molecular weight excluding hydrogens is 334 g/mol. The number of hydrogen-bond acceptors (Lipinski definition) is 5. The number of amides is 1. The summed E-state index contributed by atoms with van der Waals surface area (Å²) in [4.78, 5) is 25.4. The van der Waals surface area contributed by atoms with Crippen molar-refractivity contribution in [1.29, 1.82) is 0 Å². The van der Waals surface area contributed by atoms with Crippen LogP contribution >= 0.6 is 0 Å². The topological polar surface area (TPSA) is 76.7 Å². The molecule has 2 rings (SSSR count). The third-order valence-corrected chi connectivity index (χ3v) is 5.02. The van der Waals surface area contributed by atoms with Crippen LogP contribution in [-0.2, 0) is 9.53 Å². The number of methoxy groups -OCH3 is 1.